The molecule has 0 bridgehead atoms. The van der Waals surface area contributed by atoms with Crippen LogP contribution in [0, 0.1) is 0 Å². The first-order valence-electron chi connectivity index (χ1n) is 11.3. The highest BCUT2D eigenvalue weighted by molar-refractivity contribution is 5.81. The molecule has 15 nitrogen and oxygen atoms in total. The molecule has 0 radical (unpaired) electrons. The Bertz CT molecular complexity index is 698. The fourth-order valence-corrected chi connectivity index (χ4v) is 4.02. The molecule has 0 aliphatic carbocycles. The number of carboxylic acids is 1. The van der Waals surface area contributed by atoms with Crippen LogP contribution in [0.1, 0.15) is 26.2 Å². The van der Waals surface area contributed by atoms with Gasteiger partial charge in [-0.15, -0.1) is 0 Å². The molecule has 0 spiro atoms. The lowest BCUT2D eigenvalue weighted by atomic mass is 9.93. The molecule has 1 amide bonds. The zero-order chi connectivity index (χ0) is 26.3. The number of amides is 1. The molecule has 0 saturated carbocycles. The molecule has 0 unspecified atom stereocenters. The van der Waals surface area contributed by atoms with Gasteiger partial charge >= 0.3 is 5.97 Å². The fraction of sp³-hybridized carbons (Fsp3) is 0.900. The summed E-state index contributed by atoms with van der Waals surface area (Å²) in [6, 6.07) is -1.05. The van der Waals surface area contributed by atoms with Gasteiger partial charge in [-0.05, 0) is 25.8 Å². The summed E-state index contributed by atoms with van der Waals surface area (Å²) in [5.41, 5.74) is -1.79. The van der Waals surface area contributed by atoms with Crippen molar-refractivity contribution >= 4 is 11.9 Å². The summed E-state index contributed by atoms with van der Waals surface area (Å²) in [7, 11) is 0. The Hall–Kier alpha value is -1.50. The van der Waals surface area contributed by atoms with Crippen molar-refractivity contribution in [2.45, 2.75) is 87.0 Å². The highest BCUT2D eigenvalue weighted by Gasteiger charge is 2.53. The average molecular weight is 513 g/mol. The van der Waals surface area contributed by atoms with E-state index < -0.39 is 92.5 Å². The lowest BCUT2D eigenvalue weighted by molar-refractivity contribution is -0.347. The van der Waals surface area contributed by atoms with Crippen molar-refractivity contribution in [2.75, 3.05) is 26.4 Å². The molecule has 2 fully saturated rings. The Morgan fingerprint density at radius 3 is 2.34 bits per heavy atom. The van der Waals surface area contributed by atoms with Crippen LogP contribution in [-0.2, 0) is 23.8 Å². The molecule has 0 aromatic heterocycles. The first-order chi connectivity index (χ1) is 16.5. The summed E-state index contributed by atoms with van der Waals surface area (Å²) in [5, 5.41) is 84.7. The molecular weight excluding hydrogens is 476 g/mol. The molecule has 35 heavy (non-hydrogen) atoms. The van der Waals surface area contributed by atoms with E-state index in [0.717, 1.165) is 0 Å². The topological polar surface area (TPSA) is 248 Å². The van der Waals surface area contributed by atoms with Crippen molar-refractivity contribution in [3.63, 3.8) is 0 Å². The van der Waals surface area contributed by atoms with Crippen LogP contribution < -0.4 is 10.6 Å². The molecule has 2 aliphatic heterocycles. The van der Waals surface area contributed by atoms with Crippen LogP contribution in [0.5, 0.6) is 0 Å². The van der Waals surface area contributed by atoms with Crippen LogP contribution in [0.3, 0.4) is 0 Å². The number of nitrogens with one attached hydrogen (secondary N) is 2. The van der Waals surface area contributed by atoms with Gasteiger partial charge in [0.2, 0.25) is 5.91 Å². The first-order valence-corrected chi connectivity index (χ1v) is 11.3. The fourth-order valence-electron chi connectivity index (χ4n) is 4.02. The highest BCUT2D eigenvalue weighted by atomic mass is 16.7. The number of aliphatic hydroxyl groups excluding tert-OH is 7. The second kappa shape index (κ2) is 13.2. The second-order valence-electron chi connectivity index (χ2n) is 8.68. The van der Waals surface area contributed by atoms with E-state index >= 15 is 0 Å². The van der Waals surface area contributed by atoms with E-state index in [1.807, 2.05) is 0 Å². The predicted octanol–water partition coefficient (Wildman–Crippen LogP) is -5.04. The number of hydrogen-bond acceptors (Lipinski definition) is 13. The SMILES string of the molecule is CC(=O)N[C@@H](CCCCN[C@@]1(CO)OC[C@@H](O)[C@@H](O[C@@H]2O[C@H](CO)[C@H](O)[C@H](O)[C@H]2O)[C@@H]1O)C(=O)O. The Morgan fingerprint density at radius 1 is 1.09 bits per heavy atom. The molecule has 2 rings (SSSR count). The summed E-state index contributed by atoms with van der Waals surface area (Å²) >= 11 is 0. The predicted molar refractivity (Wildman–Crippen MR) is 114 cm³/mol. The van der Waals surface area contributed by atoms with Gasteiger partial charge in [0.25, 0.3) is 0 Å². The van der Waals surface area contributed by atoms with Crippen molar-refractivity contribution in [3.8, 4) is 0 Å². The number of aliphatic carboxylic acids is 1. The zero-order valence-electron chi connectivity index (χ0n) is 19.3. The maximum Gasteiger partial charge on any atom is 0.326 e. The number of aliphatic hydroxyl groups is 7. The van der Waals surface area contributed by atoms with Gasteiger partial charge in [-0.1, -0.05) is 0 Å². The maximum atomic E-state index is 11.2. The number of carboxylic acid groups (broad SMARTS) is 1. The molecule has 10 atom stereocenters. The van der Waals surface area contributed by atoms with Crippen molar-refractivity contribution in [2.24, 2.45) is 0 Å². The minimum absolute atomic E-state index is 0.146. The zero-order valence-corrected chi connectivity index (χ0v) is 19.3. The number of carbonyl (C=O) groups is 2. The molecule has 15 heteroatoms. The molecule has 0 aromatic rings. The average Bonchev–Trinajstić information content (AvgIpc) is 2.81. The molecule has 2 aliphatic rings. The smallest absolute Gasteiger partial charge is 0.326 e. The van der Waals surface area contributed by atoms with E-state index in [9.17, 15) is 45.3 Å². The summed E-state index contributed by atoms with van der Waals surface area (Å²) in [6.07, 6.45) is -11.7. The lowest BCUT2D eigenvalue weighted by Crippen LogP contribution is -2.71. The molecule has 2 saturated heterocycles. The molecule has 204 valence electrons. The van der Waals surface area contributed by atoms with Gasteiger partial charge in [-0.3, -0.25) is 10.1 Å². The normalized spacial score (nSPS) is 38.6. The molecule has 2 heterocycles. The van der Waals surface area contributed by atoms with Crippen LogP contribution in [-0.4, -0.2) is 140 Å². The van der Waals surface area contributed by atoms with Crippen LogP contribution in [0.4, 0.5) is 0 Å². The van der Waals surface area contributed by atoms with E-state index in [1.54, 1.807) is 0 Å². The van der Waals surface area contributed by atoms with E-state index in [2.05, 4.69) is 10.6 Å². The van der Waals surface area contributed by atoms with Gasteiger partial charge < -0.3 is 60.4 Å². The summed E-state index contributed by atoms with van der Waals surface area (Å²) in [6.45, 7) is -0.486. The van der Waals surface area contributed by atoms with Crippen molar-refractivity contribution < 1.29 is 64.7 Å². The Balaban J connectivity index is 1.98. The maximum absolute atomic E-state index is 11.2. The third-order valence-electron chi connectivity index (χ3n) is 6.07. The monoisotopic (exact) mass is 512 g/mol. The van der Waals surface area contributed by atoms with E-state index in [-0.39, 0.29) is 13.0 Å². The van der Waals surface area contributed by atoms with Crippen molar-refractivity contribution in [1.82, 2.24) is 10.6 Å². The Labute approximate surface area is 201 Å². The molecular formula is C20H36N2O13. The number of unbranched alkanes of at least 4 members (excludes halogenated alkanes) is 1. The Morgan fingerprint density at radius 2 is 1.77 bits per heavy atom. The van der Waals surface area contributed by atoms with Gasteiger partial charge in [0.1, 0.15) is 48.8 Å². The number of rotatable bonds is 12. The molecule has 10 N–H and O–H groups in total. The summed E-state index contributed by atoms with van der Waals surface area (Å²) in [5.74, 6) is -1.65. The second-order valence-corrected chi connectivity index (χ2v) is 8.68. The quantitative estimate of drug-likeness (QED) is 0.110. The van der Waals surface area contributed by atoms with Crippen molar-refractivity contribution in [1.29, 1.82) is 0 Å². The van der Waals surface area contributed by atoms with Crippen LogP contribution >= 0.6 is 0 Å². The van der Waals surface area contributed by atoms with Crippen LogP contribution in [0.25, 0.3) is 0 Å². The first kappa shape index (κ1) is 29.7. The van der Waals surface area contributed by atoms with Gasteiger partial charge in [0.15, 0.2) is 12.0 Å². The minimum Gasteiger partial charge on any atom is -0.480 e. The van der Waals surface area contributed by atoms with Gasteiger partial charge in [-0.2, -0.15) is 0 Å². The van der Waals surface area contributed by atoms with Gasteiger partial charge in [0.05, 0.1) is 19.8 Å². The van der Waals surface area contributed by atoms with Gasteiger partial charge in [-0.25, -0.2) is 4.79 Å². The standard InChI is InChI=1S/C20H36N2O13/c1-9(25)22-10(18(31)32)4-2-3-5-21-20(8-24)17(30)16(11(26)7-33-20)35-19-15(29)14(28)13(27)12(6-23)34-19/h10-17,19,21,23-24,26-30H,2-8H2,1H3,(H,22,25)(H,31,32)/t10-,11+,12+,13-,14-,15+,16+,17-,19-,20-/m0/s1. The summed E-state index contributed by atoms with van der Waals surface area (Å²) in [4.78, 5) is 22.3. The van der Waals surface area contributed by atoms with Crippen LogP contribution in [0.2, 0.25) is 0 Å². The van der Waals surface area contributed by atoms with E-state index in [1.165, 1.54) is 6.92 Å². The largest absolute Gasteiger partial charge is 0.480 e. The minimum atomic E-state index is -1.79. The number of ether oxygens (including phenoxy) is 3. The number of carbonyl (C=O) groups excluding carboxylic acids is 1. The Kier molecular flexibility index (Phi) is 11.2. The molecule has 0 aromatic carbocycles. The lowest BCUT2D eigenvalue weighted by Gasteiger charge is -2.48. The van der Waals surface area contributed by atoms with Crippen LogP contribution in [0.15, 0.2) is 0 Å². The third-order valence-corrected chi connectivity index (χ3v) is 6.07. The number of hydrogen-bond donors (Lipinski definition) is 10. The van der Waals surface area contributed by atoms with E-state index in [4.69, 9.17) is 19.3 Å². The highest BCUT2D eigenvalue weighted by Crippen LogP contribution is 2.30. The van der Waals surface area contributed by atoms with E-state index in [0.29, 0.717) is 12.8 Å². The summed E-state index contributed by atoms with van der Waals surface area (Å²) < 4.78 is 16.2. The third kappa shape index (κ3) is 7.27. The van der Waals surface area contributed by atoms with Gasteiger partial charge in [0, 0.05) is 6.92 Å². The van der Waals surface area contributed by atoms with Crippen molar-refractivity contribution in [3.05, 3.63) is 0 Å².